The first-order valence-electron chi connectivity index (χ1n) is 4.12. The second kappa shape index (κ2) is 5.08. The molecule has 0 bridgehead atoms. The van der Waals surface area contributed by atoms with Crippen molar-refractivity contribution in [2.75, 3.05) is 7.11 Å². The Kier molecular flexibility index (Phi) is 3.99. The van der Waals surface area contributed by atoms with Crippen molar-refractivity contribution in [1.82, 2.24) is 0 Å². The predicted octanol–water partition coefficient (Wildman–Crippen LogP) is 1.46. The zero-order valence-corrected chi connectivity index (χ0v) is 10.6. The number of methoxy groups -OCH3 is 1. The summed E-state index contributed by atoms with van der Waals surface area (Å²) < 4.78 is 26.1. The van der Waals surface area contributed by atoms with E-state index in [9.17, 15) is 15.7 Å². The first-order chi connectivity index (χ1) is 7.88. The van der Waals surface area contributed by atoms with Gasteiger partial charge in [-0.3, -0.25) is 0 Å². The van der Waals surface area contributed by atoms with Gasteiger partial charge in [-0.05, 0) is 12.1 Å². The number of aromatic carboxylic acids is 2. The Bertz CT molecular complexity index is 551. The van der Waals surface area contributed by atoms with Crippen molar-refractivity contribution in [1.29, 1.82) is 0 Å². The van der Waals surface area contributed by atoms with Crippen LogP contribution in [-0.2, 0) is 6.14 Å². The molecule has 0 amide bonds. The van der Waals surface area contributed by atoms with Gasteiger partial charge in [-0.1, -0.05) is 0 Å². The number of rotatable bonds is 4. The van der Waals surface area contributed by atoms with Crippen LogP contribution in [0.2, 0.25) is 0 Å². The van der Waals surface area contributed by atoms with Crippen LogP contribution < -0.4 is 4.74 Å². The molecule has 1 aromatic rings. The number of benzene rings is 1. The molecule has 0 saturated carbocycles. The number of hydrogen-bond donors (Lipinski definition) is 2. The van der Waals surface area contributed by atoms with E-state index in [4.69, 9.17) is 14.9 Å². The van der Waals surface area contributed by atoms with Gasteiger partial charge in [0.15, 0.2) is 0 Å². The average molecular weight is 354 g/mol. The van der Waals surface area contributed by atoms with Crippen LogP contribution in [0.15, 0.2) is 12.1 Å². The van der Waals surface area contributed by atoms with Crippen molar-refractivity contribution >= 4 is 31.7 Å². The van der Waals surface area contributed by atoms with Crippen LogP contribution in [0.25, 0.3) is 0 Å². The zero-order chi connectivity index (χ0) is 13.2. The molecule has 0 saturated heterocycles. The normalized spacial score (nSPS) is 10.2. The van der Waals surface area contributed by atoms with E-state index in [-0.39, 0.29) is 11.3 Å². The monoisotopic (exact) mass is 354 g/mol. The molecule has 7 nitrogen and oxygen atoms in total. The molecule has 0 fully saturated rings. The Morgan fingerprint density at radius 1 is 1.12 bits per heavy atom. The third-order valence-electron chi connectivity index (χ3n) is 1.92. The number of halogens is 1. The highest BCUT2D eigenvalue weighted by Gasteiger charge is 2.21. The Hall–Kier alpha value is -1.71. The maximum absolute atomic E-state index is 10.9. The molecule has 0 spiro atoms. The van der Waals surface area contributed by atoms with Gasteiger partial charge in [0.1, 0.15) is 11.3 Å². The van der Waals surface area contributed by atoms with E-state index >= 15 is 0 Å². The second-order valence-electron chi connectivity index (χ2n) is 2.86. The number of hydrogen-bond acceptors (Lipinski definition) is 5. The lowest BCUT2D eigenvalue weighted by molar-refractivity contribution is 0.0677. The molecule has 92 valence electrons. The maximum Gasteiger partial charge on any atom is 0.341 e. The molecule has 0 aliphatic carbocycles. The summed E-state index contributed by atoms with van der Waals surface area (Å²) in [4.78, 5) is 21.6. The summed E-state index contributed by atoms with van der Waals surface area (Å²) in [5, 5.41) is 17.6. The molecular formula is C9H7IO7. The largest absolute Gasteiger partial charge is 0.496 e. The summed E-state index contributed by atoms with van der Waals surface area (Å²) in [6, 6.07) is 1.69. The SMILES string of the molecule is COc1cc(C(=O)O)c(I(=O)=O)cc1C(=O)O. The van der Waals surface area contributed by atoms with Crippen molar-refractivity contribution in [2.24, 2.45) is 0 Å². The minimum Gasteiger partial charge on any atom is -0.496 e. The third kappa shape index (κ3) is 2.70. The van der Waals surface area contributed by atoms with Crippen molar-refractivity contribution in [2.45, 2.75) is 0 Å². The lowest BCUT2D eigenvalue weighted by Gasteiger charge is -2.07. The minimum absolute atomic E-state index is 0.198. The van der Waals surface area contributed by atoms with Crippen LogP contribution in [0.3, 0.4) is 0 Å². The van der Waals surface area contributed by atoms with Gasteiger partial charge >= 0.3 is 31.7 Å². The Morgan fingerprint density at radius 3 is 2.00 bits per heavy atom. The van der Waals surface area contributed by atoms with E-state index in [0.717, 1.165) is 19.2 Å². The molecule has 2 N–H and O–H groups in total. The molecule has 0 unspecified atom stereocenters. The highest BCUT2D eigenvalue weighted by atomic mass is 127. The minimum atomic E-state index is -4.10. The molecule has 1 rings (SSSR count). The van der Waals surface area contributed by atoms with Gasteiger partial charge in [0, 0.05) is 0 Å². The lowest BCUT2D eigenvalue weighted by atomic mass is 10.1. The van der Waals surface area contributed by atoms with Gasteiger partial charge in [-0.2, -0.15) is 0 Å². The molecule has 17 heavy (non-hydrogen) atoms. The Morgan fingerprint density at radius 2 is 1.65 bits per heavy atom. The molecule has 0 aliphatic rings. The van der Waals surface area contributed by atoms with Crippen LogP contribution in [-0.4, -0.2) is 29.3 Å². The molecule has 0 atom stereocenters. The maximum atomic E-state index is 10.9. The number of carboxylic acid groups (broad SMARTS) is 2. The fourth-order valence-electron chi connectivity index (χ4n) is 1.18. The molecule has 0 heterocycles. The molecular weight excluding hydrogens is 347 g/mol. The fraction of sp³-hybridized carbons (Fsp3) is 0.111. The number of carbonyl (C=O) groups is 2. The summed E-state index contributed by atoms with van der Waals surface area (Å²) in [5.74, 6) is -3.04. The van der Waals surface area contributed by atoms with Crippen molar-refractivity contribution in [3.8, 4) is 5.75 Å². The second-order valence-corrected chi connectivity index (χ2v) is 5.26. The van der Waals surface area contributed by atoms with Gasteiger partial charge in [0.2, 0.25) is 0 Å². The summed E-state index contributed by atoms with van der Waals surface area (Å²) in [5.41, 5.74) is -0.872. The summed E-state index contributed by atoms with van der Waals surface area (Å²) in [6.45, 7) is 0. The molecule has 1 aromatic carbocycles. The fourth-order valence-corrected chi connectivity index (χ4v) is 2.61. The van der Waals surface area contributed by atoms with Gasteiger partial charge in [-0.15, -0.1) is 0 Å². The quantitative estimate of drug-likeness (QED) is 0.786. The Labute approximate surface area is 102 Å². The van der Waals surface area contributed by atoms with E-state index in [1.54, 1.807) is 0 Å². The first-order valence-corrected chi connectivity index (χ1v) is 6.96. The molecule has 0 aromatic heterocycles. The first kappa shape index (κ1) is 13.4. The van der Waals surface area contributed by atoms with E-state index in [2.05, 4.69) is 0 Å². The third-order valence-corrected chi connectivity index (χ3v) is 3.76. The van der Waals surface area contributed by atoms with E-state index in [1.165, 1.54) is 0 Å². The summed E-state index contributed by atoms with van der Waals surface area (Å²) in [7, 11) is 1.16. The van der Waals surface area contributed by atoms with Crippen LogP contribution in [0.5, 0.6) is 5.75 Å². The summed E-state index contributed by atoms with van der Waals surface area (Å²) >= 11 is -4.10. The number of carboxylic acids is 2. The van der Waals surface area contributed by atoms with Crippen molar-refractivity contribution < 1.29 is 30.7 Å². The van der Waals surface area contributed by atoms with Crippen LogP contribution >= 0.6 is 19.8 Å². The average Bonchev–Trinajstić information content (AvgIpc) is 2.26. The summed E-state index contributed by atoms with van der Waals surface area (Å²) in [6.07, 6.45) is 0. The number of ether oxygens (including phenoxy) is 1. The van der Waals surface area contributed by atoms with Crippen LogP contribution in [0.1, 0.15) is 20.7 Å². The standard InChI is InChI=1S/C9H7IO7/c1-17-7-3-4(8(11)12)6(10(15)16)2-5(7)9(13)14/h2-3H,1H3,(H,11,12)(H,13,14). The smallest absolute Gasteiger partial charge is 0.341 e. The van der Waals surface area contributed by atoms with E-state index in [1.807, 2.05) is 0 Å². The topological polar surface area (TPSA) is 118 Å². The Balaban J connectivity index is 3.65. The highest BCUT2D eigenvalue weighted by Crippen LogP contribution is 2.29. The van der Waals surface area contributed by atoms with Crippen molar-refractivity contribution in [3.63, 3.8) is 0 Å². The molecule has 0 aliphatic heterocycles. The predicted molar refractivity (Wildman–Crippen MR) is 61.0 cm³/mol. The van der Waals surface area contributed by atoms with Gasteiger partial charge in [0.25, 0.3) is 0 Å². The molecule has 0 radical (unpaired) electrons. The zero-order valence-electron chi connectivity index (χ0n) is 8.47. The van der Waals surface area contributed by atoms with E-state index in [0.29, 0.717) is 0 Å². The van der Waals surface area contributed by atoms with Gasteiger partial charge in [0.05, 0.1) is 16.2 Å². The van der Waals surface area contributed by atoms with Crippen LogP contribution in [0.4, 0.5) is 0 Å². The highest BCUT2D eigenvalue weighted by molar-refractivity contribution is 14.2. The molecule has 8 heteroatoms. The van der Waals surface area contributed by atoms with Gasteiger partial charge in [-0.25, -0.2) is 15.7 Å². The van der Waals surface area contributed by atoms with Gasteiger partial charge < -0.3 is 14.9 Å². The lowest BCUT2D eigenvalue weighted by Crippen LogP contribution is -2.07. The van der Waals surface area contributed by atoms with Crippen LogP contribution in [0, 0.1) is 3.57 Å². The van der Waals surface area contributed by atoms with Crippen molar-refractivity contribution in [3.05, 3.63) is 26.8 Å². The van der Waals surface area contributed by atoms with E-state index < -0.39 is 40.9 Å².